The van der Waals surface area contributed by atoms with Gasteiger partial charge in [-0.1, -0.05) is 34.1 Å². The van der Waals surface area contributed by atoms with E-state index in [1.807, 2.05) is 46.6 Å². The van der Waals surface area contributed by atoms with E-state index in [-0.39, 0.29) is 35.4 Å². The van der Waals surface area contributed by atoms with Crippen LogP contribution >= 0.6 is 11.3 Å². The van der Waals surface area contributed by atoms with Gasteiger partial charge in [-0.05, 0) is 58.5 Å². The molecule has 11 nitrogen and oxygen atoms in total. The van der Waals surface area contributed by atoms with Crippen molar-refractivity contribution in [3.8, 4) is 0 Å². The smallest absolute Gasteiger partial charge is 0.355 e. The van der Waals surface area contributed by atoms with E-state index in [1.54, 1.807) is 18.9 Å². The molecule has 220 valence electrons. The topological polar surface area (TPSA) is 144 Å². The van der Waals surface area contributed by atoms with Crippen molar-refractivity contribution in [2.24, 2.45) is 11.8 Å². The molecule has 2 heterocycles. The van der Waals surface area contributed by atoms with Crippen molar-refractivity contribution in [3.05, 3.63) is 16.1 Å². The number of likely N-dealkylation sites (N-methyl/N-ethyl adjacent to an activating group) is 2. The molecule has 4 amide bonds. The van der Waals surface area contributed by atoms with Gasteiger partial charge in [0.2, 0.25) is 11.8 Å². The maximum Gasteiger partial charge on any atom is 0.355 e. The molecule has 1 fully saturated rings. The van der Waals surface area contributed by atoms with Crippen LogP contribution in [-0.4, -0.2) is 88.5 Å². The fourth-order valence-electron chi connectivity index (χ4n) is 5.00. The molecule has 0 bridgehead atoms. The van der Waals surface area contributed by atoms with Crippen LogP contribution in [0, 0.1) is 11.8 Å². The van der Waals surface area contributed by atoms with Gasteiger partial charge in [-0.2, -0.15) is 0 Å². The van der Waals surface area contributed by atoms with Gasteiger partial charge in [0.05, 0.1) is 11.6 Å². The van der Waals surface area contributed by atoms with Crippen molar-refractivity contribution in [1.29, 1.82) is 0 Å². The van der Waals surface area contributed by atoms with E-state index in [1.165, 1.54) is 5.38 Å². The summed E-state index contributed by atoms with van der Waals surface area (Å²) in [6.07, 6.45) is 2.70. The Bertz CT molecular complexity index is 1020. The quantitative estimate of drug-likeness (QED) is 0.287. The number of rotatable bonds is 13. The number of carbonyl (C=O) groups is 4. The Morgan fingerprint density at radius 1 is 1.21 bits per heavy atom. The van der Waals surface area contributed by atoms with Gasteiger partial charge in [0.15, 0.2) is 5.69 Å². The summed E-state index contributed by atoms with van der Waals surface area (Å²) in [4.78, 5) is 59.2. The number of nitrogens with zero attached hydrogens (tertiary/aromatic N) is 3. The Hall–Kier alpha value is -2.73. The van der Waals surface area contributed by atoms with E-state index in [9.17, 15) is 24.3 Å². The van der Waals surface area contributed by atoms with Crippen molar-refractivity contribution in [3.63, 3.8) is 0 Å². The first-order valence-electron chi connectivity index (χ1n) is 13.8. The molecule has 1 aliphatic heterocycles. The zero-order valence-corrected chi connectivity index (χ0v) is 25.4. The summed E-state index contributed by atoms with van der Waals surface area (Å²) in [6.45, 7) is 12.9. The predicted molar refractivity (Wildman–Crippen MR) is 152 cm³/mol. The Morgan fingerprint density at radius 2 is 1.87 bits per heavy atom. The van der Waals surface area contributed by atoms with Crippen LogP contribution in [0.1, 0.15) is 88.8 Å². The number of hydrogen-bond acceptors (Lipinski definition) is 7. The third-order valence-electron chi connectivity index (χ3n) is 8.03. The van der Waals surface area contributed by atoms with Crippen LogP contribution in [0.3, 0.4) is 0 Å². The summed E-state index contributed by atoms with van der Waals surface area (Å²) in [5.74, 6) is -1.56. The number of urea groups is 1. The predicted octanol–water partition coefficient (Wildman–Crippen LogP) is 3.09. The zero-order chi connectivity index (χ0) is 29.5. The second-order valence-electron chi connectivity index (χ2n) is 11.1. The lowest BCUT2D eigenvalue weighted by Crippen LogP contribution is -2.60. The second kappa shape index (κ2) is 14.1. The molecule has 0 saturated carbocycles. The molecule has 5 atom stereocenters. The fraction of sp³-hybridized carbons (Fsp3) is 0.741. The van der Waals surface area contributed by atoms with Gasteiger partial charge in [0, 0.05) is 25.0 Å². The molecule has 1 aromatic heterocycles. The van der Waals surface area contributed by atoms with Crippen molar-refractivity contribution in [2.75, 3.05) is 27.2 Å². The van der Waals surface area contributed by atoms with Crippen LogP contribution in [-0.2, 0) is 9.59 Å². The van der Waals surface area contributed by atoms with Crippen LogP contribution in [0.5, 0.6) is 0 Å². The first-order valence-corrected chi connectivity index (χ1v) is 14.7. The number of carboxylic acids is 1. The number of thiazole rings is 1. The summed E-state index contributed by atoms with van der Waals surface area (Å²) < 4.78 is 0. The van der Waals surface area contributed by atoms with Crippen LogP contribution in [0.2, 0.25) is 0 Å². The van der Waals surface area contributed by atoms with Gasteiger partial charge >= 0.3 is 12.0 Å². The summed E-state index contributed by atoms with van der Waals surface area (Å²) >= 11 is 1.16. The van der Waals surface area contributed by atoms with Crippen LogP contribution in [0.15, 0.2) is 5.38 Å². The lowest BCUT2D eigenvalue weighted by Gasteiger charge is -2.38. The molecule has 1 saturated heterocycles. The molecule has 0 radical (unpaired) electrons. The standard InChI is InChI=1S/C27H46N6O5S/c1-9-17(5)21(31-25(37)27(6)12-11-13-32(27)7)23(34)33(8)20(16(3)4)14-18(30-26(38)28-10-2)22-29-19(15-39-22)24(35)36/h15-18,20-21H,9-14H2,1-8H3,(H,31,37)(H,35,36)(H2,28,30,38)/t17?,18?,20?,21?,27-/m1/s1. The van der Waals surface area contributed by atoms with Gasteiger partial charge in [-0.25, -0.2) is 14.6 Å². The summed E-state index contributed by atoms with van der Waals surface area (Å²) in [6, 6.07) is -2.03. The minimum absolute atomic E-state index is 0.00293. The van der Waals surface area contributed by atoms with Crippen LogP contribution < -0.4 is 16.0 Å². The van der Waals surface area contributed by atoms with Gasteiger partial charge in [0.1, 0.15) is 11.0 Å². The van der Waals surface area contributed by atoms with Crippen LogP contribution in [0.4, 0.5) is 4.79 Å². The van der Waals surface area contributed by atoms with E-state index in [4.69, 9.17) is 0 Å². The monoisotopic (exact) mass is 566 g/mol. The highest BCUT2D eigenvalue weighted by Crippen LogP contribution is 2.30. The van der Waals surface area contributed by atoms with E-state index in [2.05, 4.69) is 20.9 Å². The molecule has 0 aliphatic carbocycles. The normalized spacial score (nSPS) is 20.6. The number of amides is 4. The maximum atomic E-state index is 14.0. The van der Waals surface area contributed by atoms with E-state index < -0.39 is 29.6 Å². The molecule has 1 aromatic rings. The number of hydrogen-bond donors (Lipinski definition) is 4. The highest BCUT2D eigenvalue weighted by Gasteiger charge is 2.43. The largest absolute Gasteiger partial charge is 0.476 e. The van der Waals surface area contributed by atoms with Crippen LogP contribution in [0.25, 0.3) is 0 Å². The second-order valence-corrected chi connectivity index (χ2v) is 12.0. The van der Waals surface area contributed by atoms with Gasteiger partial charge < -0.3 is 26.0 Å². The third-order valence-corrected chi connectivity index (χ3v) is 8.99. The van der Waals surface area contributed by atoms with E-state index in [0.29, 0.717) is 24.4 Å². The van der Waals surface area contributed by atoms with E-state index >= 15 is 0 Å². The number of carboxylic acid groups (broad SMARTS) is 1. The van der Waals surface area contributed by atoms with Crippen molar-refractivity contribution in [2.45, 2.75) is 90.9 Å². The Labute approximate surface area is 236 Å². The molecule has 39 heavy (non-hydrogen) atoms. The highest BCUT2D eigenvalue weighted by molar-refractivity contribution is 7.09. The van der Waals surface area contributed by atoms with Crippen molar-refractivity contribution >= 4 is 35.2 Å². The summed E-state index contributed by atoms with van der Waals surface area (Å²) in [5, 5.41) is 19.9. The average molecular weight is 567 g/mol. The molecule has 4 unspecified atom stereocenters. The van der Waals surface area contributed by atoms with Crippen molar-refractivity contribution in [1.82, 2.24) is 30.7 Å². The molecular formula is C27H46N6O5S. The highest BCUT2D eigenvalue weighted by atomic mass is 32.1. The first kappa shape index (κ1) is 32.5. The number of likely N-dealkylation sites (tertiary alicyclic amines) is 1. The minimum atomic E-state index is -1.14. The zero-order valence-electron chi connectivity index (χ0n) is 24.5. The molecule has 1 aliphatic rings. The SMILES string of the molecule is CCNC(=O)NC(CC(C(C)C)N(C)C(=O)C(NC(=O)[C@@]1(C)CCCN1C)C(C)CC)c1nc(C(=O)O)cs1. The van der Waals surface area contributed by atoms with E-state index in [0.717, 1.165) is 30.7 Å². The molecule has 0 aromatic carbocycles. The molecule has 12 heteroatoms. The number of aromatic nitrogens is 1. The maximum absolute atomic E-state index is 14.0. The molecule has 2 rings (SSSR count). The van der Waals surface area contributed by atoms with Gasteiger partial charge in [-0.15, -0.1) is 11.3 Å². The minimum Gasteiger partial charge on any atom is -0.476 e. The summed E-state index contributed by atoms with van der Waals surface area (Å²) in [5.41, 5.74) is -0.746. The lowest BCUT2D eigenvalue weighted by atomic mass is 9.91. The molecule has 0 spiro atoms. The number of carbonyl (C=O) groups excluding carboxylic acids is 3. The lowest BCUT2D eigenvalue weighted by molar-refractivity contribution is -0.142. The third kappa shape index (κ3) is 7.91. The first-order chi connectivity index (χ1) is 18.3. The molecular weight excluding hydrogens is 520 g/mol. The van der Waals surface area contributed by atoms with Crippen molar-refractivity contribution < 1.29 is 24.3 Å². The van der Waals surface area contributed by atoms with Gasteiger partial charge in [0.25, 0.3) is 0 Å². The molecule has 4 N–H and O–H groups in total. The fourth-order valence-corrected chi connectivity index (χ4v) is 5.86. The number of aromatic carboxylic acids is 1. The Kier molecular flexibility index (Phi) is 11.7. The Morgan fingerprint density at radius 3 is 2.36 bits per heavy atom. The summed E-state index contributed by atoms with van der Waals surface area (Å²) in [7, 11) is 3.66. The average Bonchev–Trinajstić information content (AvgIpc) is 3.51. The van der Waals surface area contributed by atoms with Gasteiger partial charge in [-0.3, -0.25) is 14.5 Å². The Balaban J connectivity index is 2.33. The number of nitrogens with one attached hydrogen (secondary N) is 3.